The third-order valence-electron chi connectivity index (χ3n) is 5.58. The maximum absolute atomic E-state index is 13.0. The molecule has 1 atom stereocenters. The minimum Gasteiger partial charge on any atom is -0.497 e. The average molecular weight is 357 g/mol. The first kappa shape index (κ1) is 17.3. The zero-order valence-corrected chi connectivity index (χ0v) is 15.9. The number of hydrogen-bond donors (Lipinski definition) is 1. The molecule has 3 aromatic carbocycles. The van der Waals surface area contributed by atoms with Crippen LogP contribution in [-0.2, 0) is 16.6 Å². The number of ether oxygens (including phenoxy) is 1. The monoisotopic (exact) mass is 357 g/mol. The van der Waals surface area contributed by atoms with Gasteiger partial charge in [0.25, 0.3) is 0 Å². The van der Waals surface area contributed by atoms with E-state index in [4.69, 9.17) is 4.74 Å². The molecule has 0 fully saturated rings. The van der Waals surface area contributed by atoms with Crippen LogP contribution in [0.4, 0.5) is 5.69 Å². The Balaban J connectivity index is 1.81. The minimum absolute atomic E-state index is 0.0519. The van der Waals surface area contributed by atoms with Crippen LogP contribution in [0.2, 0.25) is 0 Å². The van der Waals surface area contributed by atoms with Crippen molar-refractivity contribution in [3.8, 4) is 16.9 Å². The van der Waals surface area contributed by atoms with Gasteiger partial charge in [0, 0.05) is 5.56 Å². The van der Waals surface area contributed by atoms with E-state index in [1.54, 1.807) is 7.11 Å². The summed E-state index contributed by atoms with van der Waals surface area (Å²) < 4.78 is 5.36. The Morgan fingerprint density at radius 3 is 2.56 bits per heavy atom. The second kappa shape index (κ2) is 6.58. The third-order valence-corrected chi connectivity index (χ3v) is 5.58. The number of para-hydroxylation sites is 1. The average Bonchev–Trinajstić information content (AvgIpc) is 2.94. The molecular formula is C24H23NO2. The van der Waals surface area contributed by atoms with Gasteiger partial charge in [-0.25, -0.2) is 0 Å². The van der Waals surface area contributed by atoms with E-state index in [0.717, 1.165) is 28.1 Å². The van der Waals surface area contributed by atoms with Crippen molar-refractivity contribution < 1.29 is 9.53 Å². The summed E-state index contributed by atoms with van der Waals surface area (Å²) in [5.74, 6) is 0.855. The number of carbonyl (C=O) groups excluding carboxylic acids is 1. The van der Waals surface area contributed by atoms with Crippen molar-refractivity contribution in [2.45, 2.75) is 25.7 Å². The molecule has 0 saturated heterocycles. The van der Waals surface area contributed by atoms with Crippen LogP contribution in [0.15, 0.2) is 66.7 Å². The molecule has 3 aromatic rings. The highest BCUT2D eigenvalue weighted by Crippen LogP contribution is 2.45. The van der Waals surface area contributed by atoms with E-state index in [9.17, 15) is 4.79 Å². The van der Waals surface area contributed by atoms with Gasteiger partial charge in [0.05, 0.1) is 18.2 Å². The molecule has 0 radical (unpaired) electrons. The Hall–Kier alpha value is -3.07. The van der Waals surface area contributed by atoms with E-state index in [1.165, 1.54) is 11.1 Å². The van der Waals surface area contributed by atoms with Crippen LogP contribution in [0, 0.1) is 6.92 Å². The predicted octanol–water partition coefficient (Wildman–Crippen LogP) is 5.12. The van der Waals surface area contributed by atoms with Gasteiger partial charge in [0.15, 0.2) is 0 Å². The summed E-state index contributed by atoms with van der Waals surface area (Å²) in [5.41, 5.74) is 5.84. The Bertz CT molecular complexity index is 1020. The highest BCUT2D eigenvalue weighted by Gasteiger charge is 2.43. The van der Waals surface area contributed by atoms with E-state index in [0.29, 0.717) is 6.42 Å². The molecule has 0 spiro atoms. The van der Waals surface area contributed by atoms with Crippen molar-refractivity contribution in [2.75, 3.05) is 12.4 Å². The molecule has 4 rings (SSSR count). The second-order valence-electron chi connectivity index (χ2n) is 7.35. The van der Waals surface area contributed by atoms with E-state index >= 15 is 0 Å². The summed E-state index contributed by atoms with van der Waals surface area (Å²) in [5, 5.41) is 3.15. The number of rotatable bonds is 4. The molecule has 27 heavy (non-hydrogen) atoms. The number of benzene rings is 3. The Morgan fingerprint density at radius 1 is 1.00 bits per heavy atom. The van der Waals surface area contributed by atoms with Crippen LogP contribution in [0.1, 0.15) is 23.6 Å². The number of amides is 1. The van der Waals surface area contributed by atoms with Crippen molar-refractivity contribution in [2.24, 2.45) is 0 Å². The number of hydrogen-bond acceptors (Lipinski definition) is 2. The summed E-state index contributed by atoms with van der Waals surface area (Å²) in [4.78, 5) is 13.0. The van der Waals surface area contributed by atoms with Gasteiger partial charge in [-0.1, -0.05) is 54.6 Å². The van der Waals surface area contributed by atoms with Crippen molar-refractivity contribution in [3.05, 3.63) is 83.4 Å². The summed E-state index contributed by atoms with van der Waals surface area (Å²) in [6.45, 7) is 4.13. The van der Waals surface area contributed by atoms with Gasteiger partial charge in [-0.3, -0.25) is 4.79 Å². The molecule has 136 valence electrons. The molecule has 1 aliphatic heterocycles. The van der Waals surface area contributed by atoms with Gasteiger partial charge in [0.2, 0.25) is 5.91 Å². The van der Waals surface area contributed by atoms with Gasteiger partial charge in [0.1, 0.15) is 5.75 Å². The van der Waals surface area contributed by atoms with Gasteiger partial charge >= 0.3 is 0 Å². The summed E-state index contributed by atoms with van der Waals surface area (Å²) in [6, 6.07) is 22.4. The van der Waals surface area contributed by atoms with Crippen LogP contribution in [0.5, 0.6) is 5.75 Å². The maximum atomic E-state index is 13.0. The fourth-order valence-electron chi connectivity index (χ4n) is 3.92. The minimum atomic E-state index is -0.587. The van der Waals surface area contributed by atoms with Gasteiger partial charge in [-0.2, -0.15) is 0 Å². The van der Waals surface area contributed by atoms with Crippen LogP contribution < -0.4 is 10.1 Å². The lowest BCUT2D eigenvalue weighted by atomic mass is 9.77. The zero-order chi connectivity index (χ0) is 19.0. The number of aryl methyl sites for hydroxylation is 1. The van der Waals surface area contributed by atoms with E-state index in [-0.39, 0.29) is 5.91 Å². The number of nitrogens with one attached hydrogen (secondary N) is 1. The fraction of sp³-hybridized carbons (Fsp3) is 0.208. The highest BCUT2D eigenvalue weighted by molar-refractivity contribution is 6.09. The molecule has 0 aromatic heterocycles. The van der Waals surface area contributed by atoms with Crippen LogP contribution in [-0.4, -0.2) is 13.0 Å². The molecule has 3 nitrogen and oxygen atoms in total. The summed E-state index contributed by atoms with van der Waals surface area (Å²) in [7, 11) is 1.66. The van der Waals surface area contributed by atoms with Gasteiger partial charge in [-0.05, 0) is 54.7 Å². The first-order valence-electron chi connectivity index (χ1n) is 9.17. The Kier molecular flexibility index (Phi) is 4.23. The number of anilines is 1. The van der Waals surface area contributed by atoms with E-state index in [1.807, 2.05) is 55.5 Å². The van der Waals surface area contributed by atoms with Crippen LogP contribution in [0.25, 0.3) is 11.1 Å². The maximum Gasteiger partial charge on any atom is 0.235 e. The second-order valence-corrected chi connectivity index (χ2v) is 7.35. The molecule has 0 bridgehead atoms. The quantitative estimate of drug-likeness (QED) is 0.703. The number of methoxy groups -OCH3 is 1. The van der Waals surface area contributed by atoms with Crippen molar-refractivity contribution >= 4 is 11.6 Å². The fourth-order valence-corrected chi connectivity index (χ4v) is 3.92. The van der Waals surface area contributed by atoms with Crippen LogP contribution in [0.3, 0.4) is 0 Å². The number of carbonyl (C=O) groups is 1. The standard InChI is InChI=1S/C24H23NO2/c1-16-8-4-5-9-18(16)15-24(2)21-13-7-12-20(22(21)25-23(24)26)17-10-6-11-19(14-17)27-3/h4-14H,15H2,1-3H3,(H,25,26). The molecule has 0 aliphatic carbocycles. The summed E-state index contributed by atoms with van der Waals surface area (Å²) in [6.07, 6.45) is 0.681. The first-order chi connectivity index (χ1) is 13.0. The lowest BCUT2D eigenvalue weighted by Crippen LogP contribution is -2.33. The molecule has 3 heteroatoms. The molecule has 0 saturated carbocycles. The Labute approximate surface area is 160 Å². The SMILES string of the molecule is COc1cccc(-c2cccc3c2NC(=O)C3(C)Cc2ccccc2C)c1. The van der Waals surface area contributed by atoms with Crippen LogP contribution >= 0.6 is 0 Å². The molecule has 1 unspecified atom stereocenters. The van der Waals surface area contributed by atoms with Gasteiger partial charge in [-0.15, -0.1) is 0 Å². The molecule has 1 N–H and O–H groups in total. The first-order valence-corrected chi connectivity index (χ1v) is 9.17. The normalized spacial score (nSPS) is 18.1. The molecule has 1 heterocycles. The largest absolute Gasteiger partial charge is 0.497 e. The van der Waals surface area contributed by atoms with Crippen molar-refractivity contribution in [1.29, 1.82) is 0 Å². The van der Waals surface area contributed by atoms with E-state index < -0.39 is 5.41 Å². The highest BCUT2D eigenvalue weighted by atomic mass is 16.5. The Morgan fingerprint density at radius 2 is 1.78 bits per heavy atom. The number of fused-ring (bicyclic) bond motifs is 1. The summed E-state index contributed by atoms with van der Waals surface area (Å²) >= 11 is 0. The van der Waals surface area contributed by atoms with Crippen molar-refractivity contribution in [1.82, 2.24) is 0 Å². The molecule has 1 aliphatic rings. The third kappa shape index (κ3) is 2.89. The lowest BCUT2D eigenvalue weighted by molar-refractivity contribution is -0.120. The molecule has 1 amide bonds. The predicted molar refractivity (Wildman–Crippen MR) is 109 cm³/mol. The topological polar surface area (TPSA) is 38.3 Å². The van der Waals surface area contributed by atoms with Gasteiger partial charge < -0.3 is 10.1 Å². The smallest absolute Gasteiger partial charge is 0.235 e. The van der Waals surface area contributed by atoms with Crippen molar-refractivity contribution in [3.63, 3.8) is 0 Å². The van der Waals surface area contributed by atoms with E-state index in [2.05, 4.69) is 30.4 Å². The molecular weight excluding hydrogens is 334 g/mol. The zero-order valence-electron chi connectivity index (χ0n) is 15.9. The lowest BCUT2D eigenvalue weighted by Gasteiger charge is -2.23.